The Labute approximate surface area is 201 Å². The lowest BCUT2D eigenvalue weighted by molar-refractivity contribution is -0.132. The highest BCUT2D eigenvalue weighted by atomic mass is 16.2. The van der Waals surface area contributed by atoms with Gasteiger partial charge in [-0.25, -0.2) is 0 Å². The van der Waals surface area contributed by atoms with E-state index < -0.39 is 0 Å². The second-order valence-corrected chi connectivity index (χ2v) is 9.53. The molecule has 2 heterocycles. The molecule has 2 aliphatic rings. The summed E-state index contributed by atoms with van der Waals surface area (Å²) in [6, 6.07) is 25.1. The molecule has 2 saturated heterocycles. The van der Waals surface area contributed by atoms with E-state index in [9.17, 15) is 9.59 Å². The Balaban J connectivity index is 1.16. The van der Waals surface area contributed by atoms with Crippen molar-refractivity contribution in [3.05, 3.63) is 83.9 Å². The van der Waals surface area contributed by atoms with Crippen LogP contribution >= 0.6 is 0 Å². The van der Waals surface area contributed by atoms with Crippen molar-refractivity contribution >= 4 is 22.6 Å². The van der Waals surface area contributed by atoms with Gasteiger partial charge in [0, 0.05) is 43.7 Å². The van der Waals surface area contributed by atoms with Crippen LogP contribution in [0, 0.1) is 0 Å². The quantitative estimate of drug-likeness (QED) is 0.566. The van der Waals surface area contributed by atoms with E-state index in [1.165, 1.54) is 12.0 Å². The van der Waals surface area contributed by atoms with Gasteiger partial charge >= 0.3 is 0 Å². The summed E-state index contributed by atoms with van der Waals surface area (Å²) >= 11 is 0. The molecule has 5 heteroatoms. The fourth-order valence-corrected chi connectivity index (χ4v) is 5.66. The zero-order valence-electron chi connectivity index (χ0n) is 19.7. The number of carbonyl (C=O) groups excluding carboxylic acids is 2. The number of hydrogen-bond acceptors (Lipinski definition) is 3. The van der Waals surface area contributed by atoms with Crippen LogP contribution in [0.2, 0.25) is 0 Å². The number of amides is 2. The lowest BCUT2D eigenvalue weighted by Crippen LogP contribution is -2.48. The molecule has 0 spiro atoms. The molecule has 1 N–H and O–H groups in total. The minimum absolute atomic E-state index is 0.124. The third-order valence-corrected chi connectivity index (χ3v) is 7.34. The second kappa shape index (κ2) is 10.4. The molecule has 2 fully saturated rings. The highest BCUT2D eigenvalue weighted by Crippen LogP contribution is 2.31. The molecule has 176 valence electrons. The average Bonchev–Trinajstić information content (AvgIpc) is 3.53. The van der Waals surface area contributed by atoms with E-state index in [0.29, 0.717) is 24.6 Å². The molecular weight excluding hydrogens is 422 g/mol. The first kappa shape index (κ1) is 22.6. The maximum Gasteiger partial charge on any atom is 0.251 e. The molecule has 3 aromatic rings. The molecule has 0 radical (unpaired) electrons. The number of rotatable bonds is 7. The zero-order valence-corrected chi connectivity index (χ0v) is 19.7. The number of hydrogen-bond donors (Lipinski definition) is 1. The lowest BCUT2D eigenvalue weighted by atomic mass is 10.0. The molecule has 2 aliphatic heterocycles. The molecular formula is C29H33N3O2. The predicted octanol–water partition coefficient (Wildman–Crippen LogP) is 4.62. The zero-order chi connectivity index (χ0) is 23.3. The van der Waals surface area contributed by atoms with E-state index in [2.05, 4.69) is 45.4 Å². The number of nitrogens with one attached hydrogen (secondary N) is 1. The van der Waals surface area contributed by atoms with Crippen molar-refractivity contribution < 1.29 is 9.59 Å². The fourth-order valence-electron chi connectivity index (χ4n) is 5.66. The molecule has 2 atom stereocenters. The van der Waals surface area contributed by atoms with E-state index in [1.807, 2.05) is 42.5 Å². The summed E-state index contributed by atoms with van der Waals surface area (Å²) < 4.78 is 0. The first-order chi connectivity index (χ1) is 16.7. The van der Waals surface area contributed by atoms with Crippen LogP contribution in [-0.4, -0.2) is 53.3 Å². The standard InChI is InChI=1S/C29H33N3O2/c33-28(16-17-30-29(34)25-15-14-23-10-4-5-11-24(23)20-25)32-19-7-13-27(32)26-12-6-18-31(26)21-22-8-2-1-3-9-22/h1-5,8-11,14-15,20,26-27H,6-7,12-13,16-19,21H2,(H,30,34)/t26-,27-/m0/s1. The smallest absolute Gasteiger partial charge is 0.251 e. The van der Waals surface area contributed by atoms with E-state index in [0.717, 1.165) is 49.7 Å². The summed E-state index contributed by atoms with van der Waals surface area (Å²) in [4.78, 5) is 30.4. The van der Waals surface area contributed by atoms with Crippen LogP contribution in [0.1, 0.15) is 48.0 Å². The lowest BCUT2D eigenvalue weighted by Gasteiger charge is -2.35. The SMILES string of the molecule is O=C(NCCC(=O)N1CCC[C@H]1[C@@H]1CCCN1Cc1ccccc1)c1ccc2ccccc2c1. The summed E-state index contributed by atoms with van der Waals surface area (Å²) in [6.45, 7) is 3.25. The summed E-state index contributed by atoms with van der Waals surface area (Å²) in [5.41, 5.74) is 1.97. The Hall–Kier alpha value is -3.18. The maximum atomic E-state index is 13.1. The molecule has 2 amide bonds. The van der Waals surface area contributed by atoms with Gasteiger partial charge in [-0.1, -0.05) is 60.7 Å². The molecule has 0 saturated carbocycles. The van der Waals surface area contributed by atoms with Gasteiger partial charge in [0.15, 0.2) is 0 Å². The van der Waals surface area contributed by atoms with Crippen molar-refractivity contribution in [2.45, 2.75) is 50.7 Å². The number of likely N-dealkylation sites (tertiary alicyclic amines) is 2. The predicted molar refractivity (Wildman–Crippen MR) is 136 cm³/mol. The Morgan fingerprint density at radius 2 is 1.56 bits per heavy atom. The van der Waals surface area contributed by atoms with Gasteiger partial charge in [0.1, 0.15) is 0 Å². The Morgan fingerprint density at radius 1 is 0.824 bits per heavy atom. The van der Waals surface area contributed by atoms with Crippen LogP contribution in [-0.2, 0) is 11.3 Å². The van der Waals surface area contributed by atoms with Gasteiger partial charge in [-0.15, -0.1) is 0 Å². The first-order valence-corrected chi connectivity index (χ1v) is 12.5. The molecule has 0 bridgehead atoms. The van der Waals surface area contributed by atoms with Gasteiger partial charge in [0.25, 0.3) is 5.91 Å². The number of benzene rings is 3. The Morgan fingerprint density at radius 3 is 2.41 bits per heavy atom. The van der Waals surface area contributed by atoms with Crippen LogP contribution in [0.15, 0.2) is 72.8 Å². The maximum absolute atomic E-state index is 13.1. The van der Waals surface area contributed by atoms with Crippen LogP contribution in [0.3, 0.4) is 0 Å². The summed E-state index contributed by atoms with van der Waals surface area (Å²) in [5, 5.41) is 5.10. The normalized spacial score (nSPS) is 20.6. The topological polar surface area (TPSA) is 52.7 Å². The monoisotopic (exact) mass is 455 g/mol. The highest BCUT2D eigenvalue weighted by Gasteiger charge is 2.39. The van der Waals surface area contributed by atoms with E-state index >= 15 is 0 Å². The second-order valence-electron chi connectivity index (χ2n) is 9.53. The van der Waals surface area contributed by atoms with Crippen molar-refractivity contribution in [2.75, 3.05) is 19.6 Å². The van der Waals surface area contributed by atoms with Gasteiger partial charge in [-0.3, -0.25) is 14.5 Å². The largest absolute Gasteiger partial charge is 0.352 e. The molecule has 5 nitrogen and oxygen atoms in total. The van der Waals surface area contributed by atoms with Crippen molar-refractivity contribution in [3.63, 3.8) is 0 Å². The summed E-state index contributed by atoms with van der Waals surface area (Å²) in [5.74, 6) is 0.0363. The van der Waals surface area contributed by atoms with E-state index in [4.69, 9.17) is 0 Å². The molecule has 34 heavy (non-hydrogen) atoms. The molecule has 0 aliphatic carbocycles. The van der Waals surface area contributed by atoms with Gasteiger partial charge in [0.2, 0.25) is 5.91 Å². The van der Waals surface area contributed by atoms with Crippen LogP contribution < -0.4 is 5.32 Å². The highest BCUT2D eigenvalue weighted by molar-refractivity contribution is 5.98. The first-order valence-electron chi connectivity index (χ1n) is 12.5. The minimum Gasteiger partial charge on any atom is -0.352 e. The van der Waals surface area contributed by atoms with Crippen LogP contribution in [0.4, 0.5) is 0 Å². The van der Waals surface area contributed by atoms with Crippen LogP contribution in [0.5, 0.6) is 0 Å². The third kappa shape index (κ3) is 5.00. The molecule has 0 unspecified atom stereocenters. The average molecular weight is 456 g/mol. The summed E-state index contributed by atoms with van der Waals surface area (Å²) in [7, 11) is 0. The third-order valence-electron chi connectivity index (χ3n) is 7.34. The van der Waals surface area contributed by atoms with Gasteiger partial charge in [0.05, 0.1) is 0 Å². The van der Waals surface area contributed by atoms with Crippen LogP contribution in [0.25, 0.3) is 10.8 Å². The Bertz CT molecular complexity index is 1150. The van der Waals surface area contributed by atoms with Crippen molar-refractivity contribution in [1.29, 1.82) is 0 Å². The number of fused-ring (bicyclic) bond motifs is 1. The minimum atomic E-state index is -0.124. The molecule has 0 aromatic heterocycles. The van der Waals surface area contributed by atoms with Crippen molar-refractivity contribution in [2.24, 2.45) is 0 Å². The number of carbonyl (C=O) groups is 2. The van der Waals surface area contributed by atoms with Crippen molar-refractivity contribution in [3.8, 4) is 0 Å². The molecule has 3 aromatic carbocycles. The number of nitrogens with zero attached hydrogens (tertiary/aromatic N) is 2. The van der Waals surface area contributed by atoms with Gasteiger partial charge < -0.3 is 10.2 Å². The fraction of sp³-hybridized carbons (Fsp3) is 0.379. The van der Waals surface area contributed by atoms with E-state index in [-0.39, 0.29) is 17.9 Å². The van der Waals surface area contributed by atoms with Crippen molar-refractivity contribution in [1.82, 2.24) is 15.1 Å². The van der Waals surface area contributed by atoms with E-state index in [1.54, 1.807) is 0 Å². The molecule has 5 rings (SSSR count). The van der Waals surface area contributed by atoms with Gasteiger partial charge in [-0.05, 0) is 60.7 Å². The Kier molecular flexibility index (Phi) is 6.91. The summed E-state index contributed by atoms with van der Waals surface area (Å²) in [6.07, 6.45) is 4.83. The van der Waals surface area contributed by atoms with Gasteiger partial charge in [-0.2, -0.15) is 0 Å².